The lowest BCUT2D eigenvalue weighted by atomic mass is 10.0. The first kappa shape index (κ1) is 26.9. The van der Waals surface area contributed by atoms with Gasteiger partial charge in [-0.25, -0.2) is 0 Å². The Morgan fingerprint density at radius 2 is 1.97 bits per heavy atom. The molecule has 186 valence electrons. The van der Waals surface area contributed by atoms with Crippen LogP contribution in [0.15, 0.2) is 18.2 Å². The van der Waals surface area contributed by atoms with Crippen LogP contribution < -0.4 is 10.1 Å². The predicted molar refractivity (Wildman–Crippen MR) is 119 cm³/mol. The van der Waals surface area contributed by atoms with Gasteiger partial charge in [-0.2, -0.15) is 13.2 Å². The van der Waals surface area contributed by atoms with Crippen molar-refractivity contribution < 1.29 is 32.2 Å². The van der Waals surface area contributed by atoms with Crippen LogP contribution in [0.3, 0.4) is 0 Å². The summed E-state index contributed by atoms with van der Waals surface area (Å²) in [7, 11) is 3.17. The van der Waals surface area contributed by atoms with Crippen molar-refractivity contribution in [3.8, 4) is 5.75 Å². The number of likely N-dealkylation sites (N-methyl/N-ethyl adjacent to an activating group) is 1. The van der Waals surface area contributed by atoms with E-state index in [2.05, 4.69) is 5.32 Å². The molecule has 0 saturated heterocycles. The Bertz CT molecular complexity index is 819. The number of carbonyl (C=O) groups excluding carboxylic acids is 2. The Morgan fingerprint density at radius 3 is 2.58 bits per heavy atom. The van der Waals surface area contributed by atoms with Crippen molar-refractivity contribution in [3.63, 3.8) is 0 Å². The topological polar surface area (TPSA) is 71.1 Å². The lowest BCUT2D eigenvalue weighted by Crippen LogP contribution is -2.47. The molecule has 3 atom stereocenters. The number of halogens is 3. The molecular formula is C23H34F3N3O4. The van der Waals surface area contributed by atoms with Crippen LogP contribution in [0.5, 0.6) is 5.75 Å². The van der Waals surface area contributed by atoms with Crippen molar-refractivity contribution in [1.82, 2.24) is 9.80 Å². The SMILES string of the molecule is CCC(=O)Nc1ccc2c(c1)C(=O)N(C)C[C@H](OC)[C@@H](C)CN(CCC(F)(F)F)[C@@H](C)CO2. The van der Waals surface area contributed by atoms with E-state index >= 15 is 0 Å². The van der Waals surface area contributed by atoms with Gasteiger partial charge in [-0.05, 0) is 31.0 Å². The fourth-order valence-electron chi connectivity index (χ4n) is 3.76. The van der Waals surface area contributed by atoms with Gasteiger partial charge in [0.05, 0.1) is 18.1 Å². The summed E-state index contributed by atoms with van der Waals surface area (Å²) in [5.74, 6) is -0.303. The van der Waals surface area contributed by atoms with Gasteiger partial charge in [0.2, 0.25) is 5.91 Å². The highest BCUT2D eigenvalue weighted by Gasteiger charge is 2.32. The second kappa shape index (κ2) is 11.7. The van der Waals surface area contributed by atoms with Gasteiger partial charge in [-0.1, -0.05) is 13.8 Å². The van der Waals surface area contributed by atoms with Crippen molar-refractivity contribution in [2.45, 2.75) is 51.9 Å². The summed E-state index contributed by atoms with van der Waals surface area (Å²) in [5, 5.41) is 2.73. The maximum absolute atomic E-state index is 13.2. The summed E-state index contributed by atoms with van der Waals surface area (Å²) in [6.07, 6.45) is -5.25. The highest BCUT2D eigenvalue weighted by molar-refractivity contribution is 5.99. The minimum Gasteiger partial charge on any atom is -0.491 e. The van der Waals surface area contributed by atoms with Crippen molar-refractivity contribution in [3.05, 3.63) is 23.8 Å². The van der Waals surface area contributed by atoms with Crippen molar-refractivity contribution in [2.75, 3.05) is 45.7 Å². The molecule has 0 saturated carbocycles. The summed E-state index contributed by atoms with van der Waals surface area (Å²) < 4.78 is 50.3. The van der Waals surface area contributed by atoms with Crippen LogP contribution in [0.2, 0.25) is 0 Å². The number of amides is 2. The Morgan fingerprint density at radius 1 is 1.27 bits per heavy atom. The summed E-state index contributed by atoms with van der Waals surface area (Å²) in [5.41, 5.74) is 0.734. The zero-order valence-corrected chi connectivity index (χ0v) is 19.9. The van der Waals surface area contributed by atoms with Crippen LogP contribution in [0, 0.1) is 5.92 Å². The average Bonchev–Trinajstić information content (AvgIpc) is 2.76. The fourth-order valence-corrected chi connectivity index (χ4v) is 3.76. The van der Waals surface area contributed by atoms with Crippen molar-refractivity contribution in [1.29, 1.82) is 0 Å². The second-order valence-electron chi connectivity index (χ2n) is 8.57. The number of hydrogen-bond donors (Lipinski definition) is 1. The molecule has 7 nitrogen and oxygen atoms in total. The largest absolute Gasteiger partial charge is 0.491 e. The average molecular weight is 474 g/mol. The van der Waals surface area contributed by atoms with Crippen LogP contribution in [0.1, 0.15) is 44.0 Å². The minimum absolute atomic E-state index is 0.104. The molecule has 0 unspecified atom stereocenters. The first-order chi connectivity index (χ1) is 15.4. The van der Waals surface area contributed by atoms with Crippen LogP contribution in [-0.2, 0) is 9.53 Å². The number of nitrogens with one attached hydrogen (secondary N) is 1. The number of fused-ring (bicyclic) bond motifs is 1. The van der Waals surface area contributed by atoms with Gasteiger partial charge >= 0.3 is 6.18 Å². The zero-order valence-electron chi connectivity index (χ0n) is 19.9. The second-order valence-corrected chi connectivity index (χ2v) is 8.57. The van der Waals surface area contributed by atoms with Gasteiger partial charge in [-0.3, -0.25) is 14.5 Å². The van der Waals surface area contributed by atoms with Crippen LogP contribution in [0.4, 0.5) is 18.9 Å². The number of benzene rings is 1. The normalized spacial score (nSPS) is 23.2. The molecule has 0 fully saturated rings. The number of carbonyl (C=O) groups is 2. The highest BCUT2D eigenvalue weighted by Crippen LogP contribution is 2.27. The molecule has 1 aliphatic heterocycles. The van der Waals surface area contributed by atoms with E-state index in [0.29, 0.717) is 24.4 Å². The van der Waals surface area contributed by atoms with E-state index < -0.39 is 12.6 Å². The molecule has 1 aliphatic rings. The van der Waals surface area contributed by atoms with Crippen LogP contribution >= 0.6 is 0 Å². The van der Waals surface area contributed by atoms with E-state index in [1.54, 1.807) is 44.0 Å². The molecule has 0 aliphatic carbocycles. The highest BCUT2D eigenvalue weighted by atomic mass is 19.4. The standard InChI is InChI=1S/C23H34F3N3O4/c1-6-21(30)27-17-7-8-19-18(11-17)22(31)28(4)13-20(32-5)15(2)12-29(16(3)14-33-19)10-9-23(24,25)26/h7-8,11,15-16,20H,6,9-10,12-14H2,1-5H3,(H,27,30)/t15-,16-,20-/m0/s1. The molecule has 0 radical (unpaired) electrons. The van der Waals surface area contributed by atoms with Crippen LogP contribution in [0.25, 0.3) is 0 Å². The summed E-state index contributed by atoms with van der Waals surface area (Å²) >= 11 is 0. The fraction of sp³-hybridized carbons (Fsp3) is 0.652. The van der Waals surface area contributed by atoms with E-state index in [1.165, 1.54) is 12.0 Å². The lowest BCUT2D eigenvalue weighted by molar-refractivity contribution is -0.140. The van der Waals surface area contributed by atoms with Gasteiger partial charge < -0.3 is 19.7 Å². The molecule has 1 aromatic carbocycles. The smallest absolute Gasteiger partial charge is 0.390 e. The van der Waals surface area contributed by atoms with Gasteiger partial charge in [0, 0.05) is 51.9 Å². The minimum atomic E-state index is -4.26. The third-order valence-electron chi connectivity index (χ3n) is 5.86. The Labute approximate surface area is 193 Å². The first-order valence-corrected chi connectivity index (χ1v) is 11.1. The molecule has 33 heavy (non-hydrogen) atoms. The first-order valence-electron chi connectivity index (χ1n) is 11.1. The maximum atomic E-state index is 13.2. The Kier molecular flexibility index (Phi) is 9.54. The van der Waals surface area contributed by atoms with Gasteiger partial charge in [-0.15, -0.1) is 0 Å². The molecule has 0 bridgehead atoms. The van der Waals surface area contributed by atoms with Crippen molar-refractivity contribution >= 4 is 17.5 Å². The summed E-state index contributed by atoms with van der Waals surface area (Å²) in [4.78, 5) is 28.3. The summed E-state index contributed by atoms with van der Waals surface area (Å²) in [6, 6.07) is 4.47. The van der Waals surface area contributed by atoms with Crippen LogP contribution in [-0.4, -0.2) is 80.3 Å². The molecule has 0 aromatic heterocycles. The number of ether oxygens (including phenoxy) is 2. The van der Waals surface area contributed by atoms with Crippen molar-refractivity contribution in [2.24, 2.45) is 5.92 Å². The number of nitrogens with zero attached hydrogens (tertiary/aromatic N) is 2. The quantitative estimate of drug-likeness (QED) is 0.705. The third kappa shape index (κ3) is 7.89. The van der Waals surface area contributed by atoms with Gasteiger partial charge in [0.1, 0.15) is 12.4 Å². The number of rotatable bonds is 5. The summed E-state index contributed by atoms with van der Waals surface area (Å²) in [6.45, 7) is 6.01. The maximum Gasteiger partial charge on any atom is 0.390 e. The number of methoxy groups -OCH3 is 1. The molecule has 2 rings (SSSR count). The Balaban J connectivity index is 2.39. The number of anilines is 1. The van der Waals surface area contributed by atoms with E-state index in [0.717, 1.165) is 0 Å². The molecule has 10 heteroatoms. The molecule has 0 spiro atoms. The zero-order chi connectivity index (χ0) is 24.8. The number of hydrogen-bond acceptors (Lipinski definition) is 5. The lowest BCUT2D eigenvalue weighted by Gasteiger charge is -2.36. The molecular weight excluding hydrogens is 439 g/mol. The van der Waals surface area contributed by atoms with E-state index in [1.807, 2.05) is 6.92 Å². The monoisotopic (exact) mass is 473 g/mol. The van der Waals surface area contributed by atoms with Gasteiger partial charge in [0.25, 0.3) is 5.91 Å². The van der Waals surface area contributed by atoms with E-state index in [4.69, 9.17) is 9.47 Å². The molecule has 2 amide bonds. The molecule has 1 aromatic rings. The van der Waals surface area contributed by atoms with E-state index in [-0.39, 0.29) is 55.1 Å². The van der Waals surface area contributed by atoms with E-state index in [9.17, 15) is 22.8 Å². The predicted octanol–water partition coefficient (Wildman–Crippen LogP) is 3.79. The number of alkyl halides is 3. The Hall–Kier alpha value is -2.33. The third-order valence-corrected chi connectivity index (χ3v) is 5.86. The molecule has 1 heterocycles. The molecule has 1 N–H and O–H groups in total. The van der Waals surface area contributed by atoms with Gasteiger partial charge in [0.15, 0.2) is 0 Å².